The third-order valence-corrected chi connectivity index (χ3v) is 5.96. The first kappa shape index (κ1) is 15.7. The van der Waals surface area contributed by atoms with E-state index in [4.69, 9.17) is 0 Å². The number of likely N-dealkylation sites (N-methyl/N-ethyl adjacent to an activating group) is 1. The Bertz CT molecular complexity index is 705. The number of nitrogens with zero attached hydrogens (tertiary/aromatic N) is 4. The van der Waals surface area contributed by atoms with Crippen LogP contribution in [0.4, 0.5) is 5.69 Å². The summed E-state index contributed by atoms with van der Waals surface area (Å²) in [6, 6.07) is 6.17. The minimum absolute atomic E-state index is 0.0536. The van der Waals surface area contributed by atoms with Gasteiger partial charge in [0.2, 0.25) is 5.91 Å². The van der Waals surface area contributed by atoms with Crippen molar-refractivity contribution in [1.29, 1.82) is 0 Å². The summed E-state index contributed by atoms with van der Waals surface area (Å²) in [5.41, 5.74) is 2.35. The Hall–Kier alpha value is -1.76. The Morgan fingerprint density at radius 1 is 1.33 bits per heavy atom. The van der Waals surface area contributed by atoms with Gasteiger partial charge in [-0.2, -0.15) is 11.3 Å². The van der Waals surface area contributed by atoms with Gasteiger partial charge < -0.3 is 4.90 Å². The highest BCUT2D eigenvalue weighted by molar-refractivity contribution is 7.08. The maximum Gasteiger partial charge on any atom is 0.241 e. The molecule has 2 aliphatic heterocycles. The van der Waals surface area contributed by atoms with Crippen LogP contribution in [0.25, 0.3) is 0 Å². The monoisotopic (exact) mass is 342 g/mol. The molecule has 2 aromatic rings. The van der Waals surface area contributed by atoms with Gasteiger partial charge in [0.15, 0.2) is 0 Å². The molecular weight excluding hydrogens is 320 g/mol. The Kier molecular flexibility index (Phi) is 4.12. The normalized spacial score (nSPS) is 25.7. The van der Waals surface area contributed by atoms with Gasteiger partial charge in [0.25, 0.3) is 0 Å². The van der Waals surface area contributed by atoms with Gasteiger partial charge in [-0.25, -0.2) is 0 Å². The maximum absolute atomic E-state index is 12.5. The largest absolute Gasteiger partial charge is 0.309 e. The fourth-order valence-corrected chi connectivity index (χ4v) is 4.51. The van der Waals surface area contributed by atoms with E-state index in [1.165, 1.54) is 5.56 Å². The van der Waals surface area contributed by atoms with Crippen molar-refractivity contribution >= 4 is 22.9 Å². The molecule has 0 saturated carbocycles. The smallest absolute Gasteiger partial charge is 0.241 e. The lowest BCUT2D eigenvalue weighted by Gasteiger charge is -2.46. The Balaban J connectivity index is 1.50. The third-order valence-electron chi connectivity index (χ3n) is 5.29. The van der Waals surface area contributed by atoms with Gasteiger partial charge >= 0.3 is 0 Å². The topological polar surface area (TPSA) is 39.7 Å². The quantitative estimate of drug-likeness (QED) is 0.856. The van der Waals surface area contributed by atoms with Crippen molar-refractivity contribution in [2.75, 3.05) is 38.1 Å². The van der Waals surface area contributed by atoms with Crippen molar-refractivity contribution in [1.82, 2.24) is 14.8 Å². The van der Waals surface area contributed by atoms with Crippen molar-refractivity contribution in [2.24, 2.45) is 0 Å². The molecule has 6 heteroatoms. The van der Waals surface area contributed by atoms with Gasteiger partial charge in [-0.1, -0.05) is 6.07 Å². The number of hydrogen-bond donors (Lipinski definition) is 0. The average Bonchev–Trinajstić information content (AvgIpc) is 3.23. The van der Waals surface area contributed by atoms with Crippen LogP contribution < -0.4 is 4.90 Å². The second-order valence-electron chi connectivity index (χ2n) is 6.86. The van der Waals surface area contributed by atoms with Gasteiger partial charge in [0.1, 0.15) is 0 Å². The minimum atomic E-state index is 0.0536. The van der Waals surface area contributed by atoms with E-state index < -0.39 is 0 Å². The molecule has 1 atom stereocenters. The summed E-state index contributed by atoms with van der Waals surface area (Å²) in [6.45, 7) is 4.26. The molecule has 2 fully saturated rings. The van der Waals surface area contributed by atoms with Crippen LogP contribution in [0, 0.1) is 0 Å². The van der Waals surface area contributed by atoms with Crippen LogP contribution in [-0.2, 0) is 11.3 Å². The highest BCUT2D eigenvalue weighted by atomic mass is 32.1. The SMILES string of the molecule is CN1CC(=O)N(c2ccsc2)C[C@]12CCN(Cc1cccnc1)C2. The number of carbonyl (C=O) groups excluding carboxylic acids is 1. The molecule has 0 unspecified atom stereocenters. The van der Waals surface area contributed by atoms with Crippen molar-refractivity contribution in [3.05, 3.63) is 46.9 Å². The second kappa shape index (κ2) is 6.27. The zero-order valence-corrected chi connectivity index (χ0v) is 14.7. The van der Waals surface area contributed by atoms with Gasteiger partial charge in [0.05, 0.1) is 17.8 Å². The first-order valence-corrected chi connectivity index (χ1v) is 9.26. The molecule has 2 aliphatic rings. The molecule has 4 heterocycles. The molecular formula is C18H22N4OS. The zero-order valence-electron chi connectivity index (χ0n) is 13.9. The first-order valence-electron chi connectivity index (χ1n) is 8.31. The number of carbonyl (C=O) groups is 1. The summed E-state index contributed by atoms with van der Waals surface area (Å²) >= 11 is 1.64. The predicted molar refractivity (Wildman–Crippen MR) is 96.2 cm³/mol. The number of piperazine rings is 1. The Labute approximate surface area is 146 Å². The third kappa shape index (κ3) is 2.85. The molecule has 2 saturated heterocycles. The molecule has 0 bridgehead atoms. The highest BCUT2D eigenvalue weighted by Crippen LogP contribution is 2.34. The van der Waals surface area contributed by atoms with Gasteiger partial charge in [-0.15, -0.1) is 0 Å². The zero-order chi connectivity index (χ0) is 16.6. The van der Waals surface area contributed by atoms with Gasteiger partial charge in [0, 0.05) is 44.0 Å². The van der Waals surface area contributed by atoms with E-state index in [0.29, 0.717) is 6.54 Å². The van der Waals surface area contributed by atoms with E-state index in [1.807, 2.05) is 34.8 Å². The summed E-state index contributed by atoms with van der Waals surface area (Å²) in [4.78, 5) is 23.4. The number of thiophene rings is 1. The lowest BCUT2D eigenvalue weighted by Crippen LogP contribution is -2.64. The van der Waals surface area contributed by atoms with E-state index in [2.05, 4.69) is 33.3 Å². The van der Waals surface area contributed by atoms with Gasteiger partial charge in [-0.3, -0.25) is 19.6 Å². The van der Waals surface area contributed by atoms with E-state index in [1.54, 1.807) is 11.3 Å². The van der Waals surface area contributed by atoms with Crippen LogP contribution in [0.15, 0.2) is 41.4 Å². The standard InChI is InChI=1S/C18H22N4OS/c1-20-11-17(23)22(16-4-8-24-12-16)14-18(20)5-7-21(13-18)10-15-3-2-6-19-9-15/h2-4,6,8-9,12H,5,7,10-11,13-14H2,1H3/t18-/m1/s1. The lowest BCUT2D eigenvalue weighted by molar-refractivity contribution is -0.123. The van der Waals surface area contributed by atoms with Crippen LogP contribution in [0.3, 0.4) is 0 Å². The number of likely N-dealkylation sites (tertiary alicyclic amines) is 1. The molecule has 4 rings (SSSR count). The van der Waals surface area contributed by atoms with E-state index >= 15 is 0 Å². The molecule has 0 N–H and O–H groups in total. The first-order chi connectivity index (χ1) is 11.7. The summed E-state index contributed by atoms with van der Waals surface area (Å²) in [5, 5.41) is 4.11. The van der Waals surface area contributed by atoms with Crippen LogP contribution >= 0.6 is 11.3 Å². The summed E-state index contributed by atoms with van der Waals surface area (Å²) in [6.07, 6.45) is 4.85. The number of amides is 1. The Morgan fingerprint density at radius 3 is 3.00 bits per heavy atom. The number of aromatic nitrogens is 1. The molecule has 0 radical (unpaired) electrons. The number of rotatable bonds is 3. The minimum Gasteiger partial charge on any atom is -0.309 e. The van der Waals surface area contributed by atoms with Crippen molar-refractivity contribution in [3.63, 3.8) is 0 Å². The number of anilines is 1. The fourth-order valence-electron chi connectivity index (χ4n) is 3.87. The van der Waals surface area contributed by atoms with Gasteiger partial charge in [-0.05, 0) is 36.5 Å². The summed E-state index contributed by atoms with van der Waals surface area (Å²) in [7, 11) is 2.09. The average molecular weight is 342 g/mol. The number of hydrogen-bond acceptors (Lipinski definition) is 5. The molecule has 1 spiro atoms. The van der Waals surface area contributed by atoms with Crippen molar-refractivity contribution in [3.8, 4) is 0 Å². The summed E-state index contributed by atoms with van der Waals surface area (Å²) < 4.78 is 0. The Morgan fingerprint density at radius 2 is 2.25 bits per heavy atom. The van der Waals surface area contributed by atoms with Crippen LogP contribution in [0.2, 0.25) is 0 Å². The summed E-state index contributed by atoms with van der Waals surface area (Å²) in [5.74, 6) is 0.201. The number of pyridine rings is 1. The maximum atomic E-state index is 12.5. The molecule has 0 aromatic carbocycles. The van der Waals surface area contributed by atoms with Crippen LogP contribution in [0.1, 0.15) is 12.0 Å². The molecule has 5 nitrogen and oxygen atoms in total. The van der Waals surface area contributed by atoms with Crippen LogP contribution in [0.5, 0.6) is 0 Å². The lowest BCUT2D eigenvalue weighted by atomic mass is 9.93. The molecule has 1 amide bonds. The van der Waals surface area contributed by atoms with Crippen LogP contribution in [-0.4, -0.2) is 59.5 Å². The molecule has 2 aromatic heterocycles. The van der Waals surface area contributed by atoms with E-state index in [9.17, 15) is 4.79 Å². The molecule has 126 valence electrons. The van der Waals surface area contributed by atoms with E-state index in [0.717, 1.165) is 38.3 Å². The fraction of sp³-hybridized carbons (Fsp3) is 0.444. The second-order valence-corrected chi connectivity index (χ2v) is 7.64. The highest BCUT2D eigenvalue weighted by Gasteiger charge is 2.47. The molecule has 24 heavy (non-hydrogen) atoms. The predicted octanol–water partition coefficient (Wildman–Crippen LogP) is 2.07. The molecule has 0 aliphatic carbocycles. The van der Waals surface area contributed by atoms with E-state index in [-0.39, 0.29) is 11.4 Å². The van der Waals surface area contributed by atoms with Crippen molar-refractivity contribution < 1.29 is 4.79 Å². The van der Waals surface area contributed by atoms with Crippen molar-refractivity contribution in [2.45, 2.75) is 18.5 Å².